The normalized spacial score (nSPS) is 13.5. The highest BCUT2D eigenvalue weighted by Crippen LogP contribution is 2.18. The first kappa shape index (κ1) is 16.2. The molecule has 3 heteroatoms. The second-order valence-electron chi connectivity index (χ2n) is 5.79. The molecule has 0 aromatic heterocycles. The van der Waals surface area contributed by atoms with Crippen molar-refractivity contribution < 1.29 is 9.47 Å². The molecule has 1 aromatic rings. The van der Waals surface area contributed by atoms with E-state index in [0.29, 0.717) is 13.2 Å². The molecule has 0 saturated carbocycles. The van der Waals surface area contributed by atoms with Crippen LogP contribution in [-0.4, -0.2) is 32.4 Å². The molecule has 19 heavy (non-hydrogen) atoms. The second kappa shape index (κ2) is 7.63. The first-order valence-corrected chi connectivity index (χ1v) is 6.89. The number of aryl methyl sites for hydroxylation is 1. The maximum atomic E-state index is 5.93. The number of benzene rings is 1. The Morgan fingerprint density at radius 1 is 1.21 bits per heavy atom. The number of likely N-dealkylation sites (N-methyl/N-ethyl adjacent to an activating group) is 1. The molecular weight excluding hydrogens is 238 g/mol. The quantitative estimate of drug-likeness (QED) is 0.769. The van der Waals surface area contributed by atoms with Crippen LogP contribution in [0.2, 0.25) is 0 Å². The smallest absolute Gasteiger partial charge is 0.0950 e. The van der Waals surface area contributed by atoms with Crippen molar-refractivity contribution >= 4 is 0 Å². The molecule has 0 fully saturated rings. The van der Waals surface area contributed by atoms with E-state index in [2.05, 4.69) is 57.3 Å². The summed E-state index contributed by atoms with van der Waals surface area (Å²) in [6.45, 7) is 10.3. The van der Waals surface area contributed by atoms with Crippen molar-refractivity contribution in [3.05, 3.63) is 35.4 Å². The van der Waals surface area contributed by atoms with Gasteiger partial charge in [0.05, 0.1) is 24.9 Å². The Labute approximate surface area is 117 Å². The third kappa shape index (κ3) is 6.71. The lowest BCUT2D eigenvalue weighted by molar-refractivity contribution is -0.0516. The largest absolute Gasteiger partial charge is 0.373 e. The van der Waals surface area contributed by atoms with E-state index < -0.39 is 0 Å². The maximum absolute atomic E-state index is 5.93. The van der Waals surface area contributed by atoms with Crippen molar-refractivity contribution in [2.75, 3.05) is 26.8 Å². The van der Waals surface area contributed by atoms with Crippen LogP contribution in [0.5, 0.6) is 0 Å². The van der Waals surface area contributed by atoms with Crippen molar-refractivity contribution in [1.82, 2.24) is 5.32 Å². The molecule has 1 rings (SSSR count). The standard InChI is InChI=1S/C16H27NO2/c1-13-7-6-8-14(11-13)15(12-17-5)18-9-10-19-16(2,3)4/h6-8,11,15,17H,9-10,12H2,1-5H3. The van der Waals surface area contributed by atoms with Gasteiger partial charge in [0.25, 0.3) is 0 Å². The Balaban J connectivity index is 2.49. The molecule has 0 aliphatic heterocycles. The molecular formula is C16H27NO2. The van der Waals surface area contributed by atoms with Crippen LogP contribution in [-0.2, 0) is 9.47 Å². The topological polar surface area (TPSA) is 30.5 Å². The number of nitrogens with one attached hydrogen (secondary N) is 1. The predicted molar refractivity (Wildman–Crippen MR) is 79.5 cm³/mol. The highest BCUT2D eigenvalue weighted by Gasteiger charge is 2.13. The van der Waals surface area contributed by atoms with Crippen molar-refractivity contribution in [2.45, 2.75) is 39.4 Å². The van der Waals surface area contributed by atoms with Gasteiger partial charge in [0, 0.05) is 6.54 Å². The second-order valence-corrected chi connectivity index (χ2v) is 5.79. The van der Waals surface area contributed by atoms with Crippen LogP contribution in [0.4, 0.5) is 0 Å². The Hall–Kier alpha value is -0.900. The molecule has 0 aliphatic carbocycles. The van der Waals surface area contributed by atoms with Gasteiger partial charge in [0.2, 0.25) is 0 Å². The molecule has 108 valence electrons. The van der Waals surface area contributed by atoms with E-state index in [1.165, 1.54) is 11.1 Å². The van der Waals surface area contributed by atoms with Crippen LogP contribution in [0.3, 0.4) is 0 Å². The summed E-state index contributed by atoms with van der Waals surface area (Å²) in [5.41, 5.74) is 2.36. The summed E-state index contributed by atoms with van der Waals surface area (Å²) in [6.07, 6.45) is 0.0773. The first-order valence-electron chi connectivity index (χ1n) is 6.89. The Bertz CT molecular complexity index is 371. The van der Waals surface area contributed by atoms with Gasteiger partial charge in [-0.05, 0) is 40.3 Å². The predicted octanol–water partition coefficient (Wildman–Crippen LogP) is 3.09. The van der Waals surface area contributed by atoms with E-state index in [9.17, 15) is 0 Å². The van der Waals surface area contributed by atoms with Gasteiger partial charge >= 0.3 is 0 Å². The van der Waals surface area contributed by atoms with Gasteiger partial charge < -0.3 is 14.8 Å². The molecule has 0 saturated heterocycles. The van der Waals surface area contributed by atoms with Gasteiger partial charge in [-0.1, -0.05) is 29.8 Å². The third-order valence-corrected chi connectivity index (χ3v) is 2.74. The van der Waals surface area contributed by atoms with Crippen molar-refractivity contribution in [3.63, 3.8) is 0 Å². The zero-order valence-corrected chi connectivity index (χ0v) is 12.8. The monoisotopic (exact) mass is 265 g/mol. The summed E-state index contributed by atoms with van der Waals surface area (Å²) >= 11 is 0. The lowest BCUT2D eigenvalue weighted by Crippen LogP contribution is -2.25. The zero-order valence-electron chi connectivity index (χ0n) is 12.8. The van der Waals surface area contributed by atoms with Crippen LogP contribution in [0, 0.1) is 6.92 Å². The molecule has 1 aromatic carbocycles. The summed E-state index contributed by atoms with van der Waals surface area (Å²) in [7, 11) is 1.94. The number of rotatable bonds is 7. The summed E-state index contributed by atoms with van der Waals surface area (Å²) < 4.78 is 11.6. The minimum absolute atomic E-state index is 0.0773. The minimum Gasteiger partial charge on any atom is -0.373 e. The molecule has 0 amide bonds. The van der Waals surface area contributed by atoms with Crippen molar-refractivity contribution in [1.29, 1.82) is 0 Å². The molecule has 0 heterocycles. The molecule has 0 spiro atoms. The third-order valence-electron chi connectivity index (χ3n) is 2.74. The molecule has 1 unspecified atom stereocenters. The lowest BCUT2D eigenvalue weighted by atomic mass is 10.1. The summed E-state index contributed by atoms with van der Waals surface area (Å²) in [4.78, 5) is 0. The van der Waals surface area contributed by atoms with Gasteiger partial charge in [-0.25, -0.2) is 0 Å². The molecule has 0 aliphatic rings. The lowest BCUT2D eigenvalue weighted by Gasteiger charge is -2.22. The van der Waals surface area contributed by atoms with E-state index >= 15 is 0 Å². The van der Waals surface area contributed by atoms with Gasteiger partial charge in [-0.2, -0.15) is 0 Å². The van der Waals surface area contributed by atoms with E-state index in [-0.39, 0.29) is 11.7 Å². The average Bonchev–Trinajstić information content (AvgIpc) is 2.32. The molecule has 0 radical (unpaired) electrons. The summed E-state index contributed by atoms with van der Waals surface area (Å²) in [5, 5.41) is 3.18. The fourth-order valence-corrected chi connectivity index (χ4v) is 1.87. The summed E-state index contributed by atoms with van der Waals surface area (Å²) in [6, 6.07) is 8.46. The minimum atomic E-state index is -0.106. The van der Waals surface area contributed by atoms with Crippen LogP contribution in [0.15, 0.2) is 24.3 Å². The van der Waals surface area contributed by atoms with Crippen molar-refractivity contribution in [2.24, 2.45) is 0 Å². The molecule has 1 atom stereocenters. The van der Waals surface area contributed by atoms with Gasteiger partial charge in [-0.3, -0.25) is 0 Å². The number of hydrogen-bond donors (Lipinski definition) is 1. The van der Waals surface area contributed by atoms with E-state index in [0.717, 1.165) is 6.54 Å². The first-order chi connectivity index (χ1) is 8.92. The highest BCUT2D eigenvalue weighted by molar-refractivity contribution is 5.24. The number of ether oxygens (including phenoxy) is 2. The Morgan fingerprint density at radius 3 is 2.53 bits per heavy atom. The molecule has 3 nitrogen and oxygen atoms in total. The van der Waals surface area contributed by atoms with Gasteiger partial charge in [-0.15, -0.1) is 0 Å². The maximum Gasteiger partial charge on any atom is 0.0950 e. The zero-order chi connectivity index (χ0) is 14.3. The number of hydrogen-bond acceptors (Lipinski definition) is 3. The van der Waals surface area contributed by atoms with Gasteiger partial charge in [0.15, 0.2) is 0 Å². The fourth-order valence-electron chi connectivity index (χ4n) is 1.87. The van der Waals surface area contributed by atoms with Crippen LogP contribution < -0.4 is 5.32 Å². The molecule has 1 N–H and O–H groups in total. The van der Waals surface area contributed by atoms with E-state index in [1.54, 1.807) is 0 Å². The fraction of sp³-hybridized carbons (Fsp3) is 0.625. The van der Waals surface area contributed by atoms with Crippen LogP contribution >= 0.6 is 0 Å². The average molecular weight is 265 g/mol. The van der Waals surface area contributed by atoms with E-state index in [4.69, 9.17) is 9.47 Å². The SMILES string of the molecule is CNCC(OCCOC(C)(C)C)c1cccc(C)c1. The Kier molecular flexibility index (Phi) is 6.49. The van der Waals surface area contributed by atoms with Crippen molar-refractivity contribution in [3.8, 4) is 0 Å². The van der Waals surface area contributed by atoms with Gasteiger partial charge in [0.1, 0.15) is 0 Å². The van der Waals surface area contributed by atoms with Crippen LogP contribution in [0.25, 0.3) is 0 Å². The summed E-state index contributed by atoms with van der Waals surface area (Å²) in [5.74, 6) is 0. The van der Waals surface area contributed by atoms with E-state index in [1.807, 2.05) is 7.05 Å². The molecule has 0 bridgehead atoms. The highest BCUT2D eigenvalue weighted by atomic mass is 16.5. The Morgan fingerprint density at radius 2 is 1.95 bits per heavy atom. The van der Waals surface area contributed by atoms with Crippen LogP contribution in [0.1, 0.15) is 38.0 Å².